The molecule has 1 aliphatic carbocycles. The summed E-state index contributed by atoms with van der Waals surface area (Å²) in [7, 11) is 1.59. The highest BCUT2D eigenvalue weighted by molar-refractivity contribution is 5.93. The van der Waals surface area contributed by atoms with E-state index < -0.39 is 0 Å². The minimum Gasteiger partial charge on any atom is -0.493 e. The fourth-order valence-electron chi connectivity index (χ4n) is 4.77. The van der Waals surface area contributed by atoms with Crippen LogP contribution in [-0.2, 0) is 4.79 Å². The van der Waals surface area contributed by atoms with Crippen LogP contribution >= 0.6 is 0 Å². The fourth-order valence-corrected chi connectivity index (χ4v) is 4.77. The molecule has 0 radical (unpaired) electrons. The summed E-state index contributed by atoms with van der Waals surface area (Å²) in [6, 6.07) is 10.4. The van der Waals surface area contributed by atoms with Gasteiger partial charge in [-0.05, 0) is 37.3 Å². The third-order valence-corrected chi connectivity index (χ3v) is 6.50. The molecule has 0 unspecified atom stereocenters. The van der Waals surface area contributed by atoms with Crippen molar-refractivity contribution in [3.8, 4) is 11.6 Å². The molecule has 3 heterocycles. The van der Waals surface area contributed by atoms with Gasteiger partial charge in [0.15, 0.2) is 0 Å². The van der Waals surface area contributed by atoms with E-state index >= 15 is 0 Å². The number of para-hydroxylation sites is 1. The van der Waals surface area contributed by atoms with Crippen molar-refractivity contribution in [2.24, 2.45) is 17.8 Å². The Morgan fingerprint density at radius 2 is 2.17 bits per heavy atom. The Labute approximate surface area is 171 Å². The highest BCUT2D eigenvalue weighted by atomic mass is 16.5. The molecular formula is C23H27N3O3. The quantitative estimate of drug-likeness (QED) is 0.843. The maximum atomic E-state index is 13.3. The molecule has 1 amide bonds. The lowest BCUT2D eigenvalue weighted by Crippen LogP contribution is -2.35. The highest BCUT2D eigenvalue weighted by Crippen LogP contribution is 2.49. The van der Waals surface area contributed by atoms with Crippen LogP contribution in [-0.4, -0.2) is 42.6 Å². The zero-order valence-electron chi connectivity index (χ0n) is 16.9. The normalized spacial score (nSPS) is 25.7. The maximum Gasteiger partial charge on any atom is 0.229 e. The number of benzene rings is 1. The van der Waals surface area contributed by atoms with Gasteiger partial charge >= 0.3 is 0 Å². The van der Waals surface area contributed by atoms with Crippen molar-refractivity contribution in [3.63, 3.8) is 0 Å². The van der Waals surface area contributed by atoms with Gasteiger partial charge in [0.05, 0.1) is 31.5 Å². The number of nitrogens with one attached hydrogen (secondary N) is 1. The number of ether oxygens (including phenoxy) is 2. The number of amides is 1. The van der Waals surface area contributed by atoms with E-state index in [1.165, 1.54) is 18.4 Å². The monoisotopic (exact) mass is 393 g/mol. The predicted octanol–water partition coefficient (Wildman–Crippen LogP) is 3.43. The summed E-state index contributed by atoms with van der Waals surface area (Å²) in [6.45, 7) is 4.39. The first kappa shape index (κ1) is 18.4. The van der Waals surface area contributed by atoms with E-state index in [4.69, 9.17) is 9.47 Å². The number of pyridine rings is 1. The smallest absolute Gasteiger partial charge is 0.229 e. The Morgan fingerprint density at radius 1 is 1.34 bits per heavy atom. The summed E-state index contributed by atoms with van der Waals surface area (Å²) in [6.07, 6.45) is 4.28. The molecule has 29 heavy (non-hydrogen) atoms. The summed E-state index contributed by atoms with van der Waals surface area (Å²) in [4.78, 5) is 20.0. The number of likely N-dealkylation sites (tertiary alicyclic amines) is 1. The van der Waals surface area contributed by atoms with E-state index in [1.807, 2.05) is 25.1 Å². The molecule has 1 saturated carbocycles. The number of hydrogen-bond donors (Lipinski definition) is 1. The van der Waals surface area contributed by atoms with Crippen molar-refractivity contribution in [1.82, 2.24) is 9.88 Å². The third-order valence-electron chi connectivity index (χ3n) is 6.50. The Hall–Kier alpha value is -2.60. The fraction of sp³-hybridized carbons (Fsp3) is 0.478. The summed E-state index contributed by atoms with van der Waals surface area (Å²) in [5.74, 6) is 2.40. The SMILES string of the molecule is COc1cc(C)c(NC(=O)[C@@H]2CN(CC3CC3)[C@H]3c4ccccc4OC[C@@H]23)cn1. The molecule has 0 spiro atoms. The van der Waals surface area contributed by atoms with Gasteiger partial charge in [-0.1, -0.05) is 18.2 Å². The van der Waals surface area contributed by atoms with Crippen molar-refractivity contribution in [3.05, 3.63) is 47.7 Å². The molecule has 3 aliphatic rings. The number of aryl methyl sites for hydroxylation is 1. The lowest BCUT2D eigenvalue weighted by atomic mass is 9.85. The summed E-state index contributed by atoms with van der Waals surface area (Å²) in [5.41, 5.74) is 2.91. The average Bonchev–Trinajstić information content (AvgIpc) is 3.48. The molecule has 2 aromatic rings. The van der Waals surface area contributed by atoms with Gasteiger partial charge in [0.25, 0.3) is 0 Å². The molecule has 2 fully saturated rings. The van der Waals surface area contributed by atoms with Gasteiger partial charge < -0.3 is 14.8 Å². The van der Waals surface area contributed by atoms with Gasteiger partial charge in [-0.25, -0.2) is 4.98 Å². The van der Waals surface area contributed by atoms with Crippen LogP contribution in [0.1, 0.15) is 30.0 Å². The molecule has 1 aromatic heterocycles. The number of anilines is 1. The minimum absolute atomic E-state index is 0.0522. The molecular weight excluding hydrogens is 366 g/mol. The number of aromatic nitrogens is 1. The van der Waals surface area contributed by atoms with Crippen LogP contribution in [0, 0.1) is 24.7 Å². The zero-order chi connectivity index (χ0) is 20.0. The Morgan fingerprint density at radius 3 is 2.93 bits per heavy atom. The molecule has 2 aliphatic heterocycles. The second kappa shape index (κ2) is 7.34. The van der Waals surface area contributed by atoms with Gasteiger partial charge in [-0.15, -0.1) is 0 Å². The first-order valence-electron chi connectivity index (χ1n) is 10.4. The Bertz CT molecular complexity index is 927. The van der Waals surface area contributed by atoms with E-state index in [0.29, 0.717) is 12.5 Å². The van der Waals surface area contributed by atoms with Gasteiger partial charge in [0.1, 0.15) is 5.75 Å². The highest BCUT2D eigenvalue weighted by Gasteiger charge is 2.49. The molecule has 152 valence electrons. The number of fused-ring (bicyclic) bond motifs is 3. The number of hydrogen-bond acceptors (Lipinski definition) is 5. The molecule has 1 aromatic carbocycles. The lowest BCUT2D eigenvalue weighted by molar-refractivity contribution is -0.121. The lowest BCUT2D eigenvalue weighted by Gasteiger charge is -2.34. The van der Waals surface area contributed by atoms with Crippen LogP contribution in [0.5, 0.6) is 11.6 Å². The number of carbonyl (C=O) groups excluding carboxylic acids is 1. The van der Waals surface area contributed by atoms with Crippen LogP contribution in [0.25, 0.3) is 0 Å². The van der Waals surface area contributed by atoms with Gasteiger partial charge in [0.2, 0.25) is 11.8 Å². The number of rotatable bonds is 5. The van der Waals surface area contributed by atoms with Gasteiger partial charge in [-0.3, -0.25) is 9.69 Å². The number of nitrogens with zero attached hydrogens (tertiary/aromatic N) is 2. The van der Waals surface area contributed by atoms with Crippen LogP contribution < -0.4 is 14.8 Å². The van der Waals surface area contributed by atoms with Crippen LogP contribution in [0.2, 0.25) is 0 Å². The van der Waals surface area contributed by atoms with E-state index in [9.17, 15) is 4.79 Å². The van der Waals surface area contributed by atoms with Crippen LogP contribution in [0.3, 0.4) is 0 Å². The molecule has 6 heteroatoms. The largest absolute Gasteiger partial charge is 0.493 e. The zero-order valence-corrected chi connectivity index (χ0v) is 16.9. The predicted molar refractivity (Wildman–Crippen MR) is 110 cm³/mol. The molecule has 1 saturated heterocycles. The summed E-state index contributed by atoms with van der Waals surface area (Å²) < 4.78 is 11.2. The number of methoxy groups -OCH3 is 1. The first-order valence-corrected chi connectivity index (χ1v) is 10.4. The second-order valence-electron chi connectivity index (χ2n) is 8.49. The van der Waals surface area contributed by atoms with Crippen molar-refractivity contribution < 1.29 is 14.3 Å². The van der Waals surface area contributed by atoms with Crippen molar-refractivity contribution in [2.75, 3.05) is 32.1 Å². The maximum absolute atomic E-state index is 13.3. The number of carbonyl (C=O) groups is 1. The molecule has 3 atom stereocenters. The van der Waals surface area contributed by atoms with Crippen LogP contribution in [0.4, 0.5) is 5.69 Å². The summed E-state index contributed by atoms with van der Waals surface area (Å²) >= 11 is 0. The average molecular weight is 393 g/mol. The van der Waals surface area contributed by atoms with E-state index in [2.05, 4.69) is 27.3 Å². The van der Waals surface area contributed by atoms with E-state index in [0.717, 1.165) is 36.0 Å². The van der Waals surface area contributed by atoms with Gasteiger partial charge in [-0.2, -0.15) is 0 Å². The van der Waals surface area contributed by atoms with Crippen molar-refractivity contribution in [2.45, 2.75) is 25.8 Å². The standard InChI is InChI=1S/C23H27N3O3/c1-14-9-21(28-2)24-10-19(14)25-23(27)17-12-26(11-15-7-8-15)22-16-5-3-4-6-20(16)29-13-18(17)22/h3-6,9-10,15,17-18,22H,7-8,11-13H2,1-2H3,(H,25,27)/t17-,18+,22+/m1/s1. The van der Waals surface area contributed by atoms with Crippen molar-refractivity contribution >= 4 is 11.6 Å². The van der Waals surface area contributed by atoms with E-state index in [-0.39, 0.29) is 23.8 Å². The minimum atomic E-state index is -0.103. The first-order chi connectivity index (χ1) is 14.1. The molecule has 5 rings (SSSR count). The Kier molecular flexibility index (Phi) is 4.66. The van der Waals surface area contributed by atoms with Crippen LogP contribution in [0.15, 0.2) is 36.5 Å². The van der Waals surface area contributed by atoms with Crippen molar-refractivity contribution in [1.29, 1.82) is 0 Å². The summed E-state index contributed by atoms with van der Waals surface area (Å²) in [5, 5.41) is 3.11. The second-order valence-corrected chi connectivity index (χ2v) is 8.49. The molecule has 6 nitrogen and oxygen atoms in total. The molecule has 0 bridgehead atoms. The van der Waals surface area contributed by atoms with E-state index in [1.54, 1.807) is 13.3 Å². The van der Waals surface area contributed by atoms with Gasteiger partial charge in [0, 0.05) is 36.7 Å². The topological polar surface area (TPSA) is 63.7 Å². The Balaban J connectivity index is 1.40. The molecule has 1 N–H and O–H groups in total. The third kappa shape index (κ3) is 3.46.